The predicted octanol–water partition coefficient (Wildman–Crippen LogP) is 2.77. The van der Waals surface area contributed by atoms with Crippen molar-refractivity contribution in [2.45, 2.75) is 76.0 Å². The van der Waals surface area contributed by atoms with Gasteiger partial charge in [0.15, 0.2) is 0 Å². The van der Waals surface area contributed by atoms with Crippen molar-refractivity contribution >= 4 is 45.3 Å². The molecule has 0 saturated carbocycles. The van der Waals surface area contributed by atoms with Gasteiger partial charge in [0.25, 0.3) is 0 Å². The zero-order valence-electron chi connectivity index (χ0n) is 22.6. The van der Waals surface area contributed by atoms with Crippen LogP contribution in [0.3, 0.4) is 0 Å². The van der Waals surface area contributed by atoms with E-state index in [0.717, 1.165) is 6.07 Å². The van der Waals surface area contributed by atoms with Crippen LogP contribution in [-0.4, -0.2) is 70.6 Å². The first-order chi connectivity index (χ1) is 19.3. The molecule has 3 rings (SSSR count). The Morgan fingerprint density at radius 1 is 1.02 bits per heavy atom. The smallest absolute Gasteiger partial charge is 0.416 e. The summed E-state index contributed by atoms with van der Waals surface area (Å²) in [7, 11) is 2.76. The molecule has 2 aliphatic rings. The van der Waals surface area contributed by atoms with Crippen LogP contribution in [0.5, 0.6) is 0 Å². The number of aliphatic hydroxyl groups is 1. The number of amides is 3. The molecule has 5 atom stereocenters. The molecule has 1 aromatic carbocycles. The van der Waals surface area contributed by atoms with Gasteiger partial charge in [0.1, 0.15) is 18.2 Å². The molecule has 4 N–H and O–H groups in total. The normalized spacial score (nSPS) is 28.3. The van der Waals surface area contributed by atoms with Crippen LogP contribution >= 0.6 is 21.6 Å². The molecule has 2 heterocycles. The number of benzene rings is 1. The number of hydrogen-bond acceptors (Lipinski definition) is 8. The molecule has 0 spiro atoms. The van der Waals surface area contributed by atoms with E-state index in [9.17, 15) is 37.5 Å². The molecule has 0 aromatic heterocycles. The lowest BCUT2D eigenvalue weighted by Gasteiger charge is -2.29. The molecule has 14 heteroatoms. The third kappa shape index (κ3) is 9.96. The van der Waals surface area contributed by atoms with Crippen LogP contribution in [-0.2, 0) is 36.5 Å². The lowest BCUT2D eigenvalue weighted by atomic mass is 9.96. The van der Waals surface area contributed by atoms with E-state index in [2.05, 4.69) is 16.0 Å². The van der Waals surface area contributed by atoms with Crippen LogP contribution in [0.15, 0.2) is 36.4 Å². The van der Waals surface area contributed by atoms with Gasteiger partial charge in [-0.2, -0.15) is 13.2 Å². The average Bonchev–Trinajstić information content (AvgIpc) is 2.88. The van der Waals surface area contributed by atoms with Crippen molar-refractivity contribution in [2.24, 2.45) is 5.92 Å². The number of fused-ring (bicyclic) bond motifs is 7. The predicted molar refractivity (Wildman–Crippen MR) is 150 cm³/mol. The van der Waals surface area contributed by atoms with Gasteiger partial charge in [-0.25, -0.2) is 0 Å². The number of carbonyl (C=O) groups is 4. The van der Waals surface area contributed by atoms with Gasteiger partial charge in [-0.3, -0.25) is 19.2 Å². The van der Waals surface area contributed by atoms with E-state index in [-0.39, 0.29) is 17.2 Å². The van der Waals surface area contributed by atoms with Crippen molar-refractivity contribution in [1.82, 2.24) is 16.0 Å². The topological polar surface area (TPSA) is 134 Å². The third-order valence-corrected chi connectivity index (χ3v) is 9.00. The van der Waals surface area contributed by atoms with Gasteiger partial charge in [-0.05, 0) is 30.0 Å². The molecule has 41 heavy (non-hydrogen) atoms. The summed E-state index contributed by atoms with van der Waals surface area (Å²) in [6, 6.07) is 1.25. The first kappa shape index (κ1) is 32.8. The second-order valence-electron chi connectivity index (χ2n) is 10.1. The summed E-state index contributed by atoms with van der Waals surface area (Å²) < 4.78 is 46.6. The lowest BCUT2D eigenvalue weighted by Crippen LogP contribution is -2.58. The van der Waals surface area contributed by atoms with Gasteiger partial charge < -0.3 is 25.8 Å². The summed E-state index contributed by atoms with van der Waals surface area (Å²) in [4.78, 5) is 52.6. The Balaban J connectivity index is 2.04. The fraction of sp³-hybridized carbons (Fsp3) is 0.556. The van der Waals surface area contributed by atoms with Gasteiger partial charge in [-0.1, -0.05) is 59.7 Å². The molecule has 0 aliphatic carbocycles. The summed E-state index contributed by atoms with van der Waals surface area (Å²) in [5.74, 6) is -2.60. The van der Waals surface area contributed by atoms with Crippen molar-refractivity contribution in [3.8, 4) is 0 Å². The molecular weight excluding hydrogens is 583 g/mol. The Bertz CT molecular complexity index is 1130. The number of halogens is 3. The van der Waals surface area contributed by atoms with E-state index in [1.807, 2.05) is 0 Å². The number of hydrogen-bond donors (Lipinski definition) is 4. The van der Waals surface area contributed by atoms with Gasteiger partial charge in [-0.15, -0.1) is 0 Å². The Morgan fingerprint density at radius 2 is 1.76 bits per heavy atom. The van der Waals surface area contributed by atoms with Crippen LogP contribution in [0.4, 0.5) is 13.2 Å². The number of allylic oxidation sites excluding steroid dienone is 1. The minimum Gasteiger partial charge on any atom is -0.457 e. The first-order valence-electron chi connectivity index (χ1n) is 13.2. The number of alkyl halides is 3. The molecule has 1 saturated heterocycles. The van der Waals surface area contributed by atoms with E-state index in [1.54, 1.807) is 26.0 Å². The highest BCUT2D eigenvalue weighted by Crippen LogP contribution is 2.32. The highest BCUT2D eigenvalue weighted by molar-refractivity contribution is 8.76. The molecule has 0 radical (unpaired) electrons. The van der Waals surface area contributed by atoms with Crippen LogP contribution < -0.4 is 16.0 Å². The number of rotatable bonds is 3. The zero-order valence-corrected chi connectivity index (χ0v) is 24.2. The van der Waals surface area contributed by atoms with Gasteiger partial charge >= 0.3 is 12.1 Å². The minimum absolute atomic E-state index is 0.108. The highest BCUT2D eigenvalue weighted by Gasteiger charge is 2.36. The number of aliphatic hydroxyl groups excluding tert-OH is 1. The van der Waals surface area contributed by atoms with Crippen molar-refractivity contribution in [3.63, 3.8) is 0 Å². The molecule has 2 aliphatic heterocycles. The molecule has 3 amide bonds. The van der Waals surface area contributed by atoms with Crippen LogP contribution in [0.1, 0.15) is 44.2 Å². The summed E-state index contributed by atoms with van der Waals surface area (Å²) in [5, 5.41) is 18.6. The van der Waals surface area contributed by atoms with Crippen molar-refractivity contribution in [1.29, 1.82) is 0 Å². The maximum absolute atomic E-state index is 13.7. The number of ether oxygens (including phenoxy) is 1. The molecule has 0 unspecified atom stereocenters. The second-order valence-corrected chi connectivity index (χ2v) is 12.8. The quantitative estimate of drug-likeness (QED) is 0.231. The largest absolute Gasteiger partial charge is 0.457 e. The van der Waals surface area contributed by atoms with E-state index in [0.29, 0.717) is 12.2 Å². The zero-order chi connectivity index (χ0) is 30.2. The molecule has 1 fully saturated rings. The van der Waals surface area contributed by atoms with E-state index in [4.69, 9.17) is 4.74 Å². The highest BCUT2D eigenvalue weighted by atomic mass is 33.1. The third-order valence-electron chi connectivity index (χ3n) is 6.56. The van der Waals surface area contributed by atoms with E-state index >= 15 is 0 Å². The van der Waals surface area contributed by atoms with Gasteiger partial charge in [0.2, 0.25) is 17.7 Å². The molecule has 1 aromatic rings. The summed E-state index contributed by atoms with van der Waals surface area (Å²) in [5.41, 5.74) is -1.17. The van der Waals surface area contributed by atoms with Gasteiger partial charge in [0, 0.05) is 17.9 Å². The van der Waals surface area contributed by atoms with Crippen molar-refractivity contribution < 1.29 is 42.2 Å². The number of nitrogens with one attached hydrogen (secondary N) is 3. The van der Waals surface area contributed by atoms with E-state index < -0.39 is 85.0 Å². The fourth-order valence-electron chi connectivity index (χ4n) is 4.47. The van der Waals surface area contributed by atoms with Crippen molar-refractivity contribution in [3.05, 3.63) is 47.5 Å². The van der Waals surface area contributed by atoms with Crippen LogP contribution in [0.2, 0.25) is 0 Å². The Morgan fingerprint density at radius 3 is 2.46 bits per heavy atom. The molecule has 2 bridgehead atoms. The van der Waals surface area contributed by atoms with Crippen LogP contribution in [0, 0.1) is 5.92 Å². The summed E-state index contributed by atoms with van der Waals surface area (Å²) in [6.45, 7) is 3.49. The maximum atomic E-state index is 13.7. The second kappa shape index (κ2) is 15.0. The first-order valence-corrected chi connectivity index (χ1v) is 15.7. The lowest BCUT2D eigenvalue weighted by molar-refractivity contribution is -0.151. The van der Waals surface area contributed by atoms with Crippen LogP contribution in [0.25, 0.3) is 0 Å². The summed E-state index contributed by atoms with van der Waals surface area (Å²) in [6.07, 6.45) is -4.57. The number of esters is 1. The Labute approximate surface area is 244 Å². The van der Waals surface area contributed by atoms with Crippen molar-refractivity contribution in [2.75, 3.05) is 11.5 Å². The Kier molecular flexibility index (Phi) is 12.0. The number of carbonyl (C=O) groups excluding carboxylic acids is 4. The standard InChI is InChI=1S/C27H34F3N3O6S2/c1-15(2)24-21(34)13-23(36)39-17-8-5-6-10-40-41-14-20(26(38)33-24)32-25(37)19(31-22(35)12-17)11-16-7-3-4-9-18(16)27(28,29)30/h3-5,7-9,15,17,19-21,24,34H,6,10-14H2,1-2H3,(H,31,35)(H,32,37)(H,33,38)/b8-5+/t17-,19-,20+,21+,24-/m1/s1. The Hall–Kier alpha value is -2.71. The maximum Gasteiger partial charge on any atom is 0.416 e. The molecule has 226 valence electrons. The SMILES string of the molecule is CC(C)[C@H]1NC(=O)[C@@H]2CSSCC/C=C/[C@H](CC(=O)N[C@H](Cc3ccccc3C(F)(F)F)C(=O)N2)OC(=O)C[C@@H]1O. The minimum atomic E-state index is -4.70. The molecular formula is C27H34F3N3O6S2. The van der Waals surface area contributed by atoms with Gasteiger partial charge in [0.05, 0.1) is 30.6 Å². The summed E-state index contributed by atoms with van der Waals surface area (Å²) >= 11 is 0. The van der Waals surface area contributed by atoms with E-state index in [1.165, 1.54) is 39.8 Å². The fourth-order valence-corrected chi connectivity index (χ4v) is 6.63. The molecule has 9 nitrogen and oxygen atoms in total. The average molecular weight is 618 g/mol. The monoisotopic (exact) mass is 617 g/mol.